The maximum atomic E-state index is 12.5. The Kier molecular flexibility index (Phi) is 5.21. The first kappa shape index (κ1) is 17.6. The highest BCUT2D eigenvalue weighted by Gasteiger charge is 2.25. The molecule has 0 spiro atoms. The lowest BCUT2D eigenvalue weighted by Gasteiger charge is -2.31. The highest BCUT2D eigenvalue weighted by molar-refractivity contribution is 5.76. The van der Waals surface area contributed by atoms with Gasteiger partial charge in [-0.25, -0.2) is 4.98 Å². The number of piperidine rings is 1. The van der Waals surface area contributed by atoms with Crippen molar-refractivity contribution >= 4 is 5.91 Å². The van der Waals surface area contributed by atoms with E-state index in [1.54, 1.807) is 6.33 Å². The highest BCUT2D eigenvalue weighted by atomic mass is 16.2. The number of likely N-dealkylation sites (tertiary alicyclic amines) is 1. The van der Waals surface area contributed by atoms with Gasteiger partial charge in [-0.15, -0.1) is 0 Å². The van der Waals surface area contributed by atoms with Crippen molar-refractivity contribution in [3.05, 3.63) is 47.5 Å². The Labute approximate surface area is 149 Å². The molecule has 0 atom stereocenters. The van der Waals surface area contributed by atoms with E-state index in [1.807, 2.05) is 4.90 Å². The molecule has 5 nitrogen and oxygen atoms in total. The molecule has 2 aromatic rings. The van der Waals surface area contributed by atoms with Gasteiger partial charge >= 0.3 is 0 Å². The van der Waals surface area contributed by atoms with Crippen LogP contribution in [0, 0.1) is 0 Å². The normalized spacial score (nSPS) is 16.2. The molecule has 1 aromatic heterocycles. The summed E-state index contributed by atoms with van der Waals surface area (Å²) in [6.07, 6.45) is 4.87. The number of benzene rings is 1. The number of hydrogen-bond acceptors (Lipinski definition) is 3. The van der Waals surface area contributed by atoms with Crippen LogP contribution in [0.1, 0.15) is 62.9 Å². The Bertz CT molecular complexity index is 677. The molecule has 1 saturated heterocycles. The van der Waals surface area contributed by atoms with Gasteiger partial charge in [-0.05, 0) is 35.8 Å². The van der Waals surface area contributed by atoms with Gasteiger partial charge < -0.3 is 4.90 Å². The van der Waals surface area contributed by atoms with Crippen molar-refractivity contribution in [2.75, 3.05) is 13.1 Å². The largest absolute Gasteiger partial charge is 0.343 e. The minimum absolute atomic E-state index is 0.169. The van der Waals surface area contributed by atoms with Crippen LogP contribution in [0.2, 0.25) is 0 Å². The Hall–Kier alpha value is -2.17. The molecule has 1 amide bonds. The first-order chi connectivity index (χ1) is 11.9. The summed E-state index contributed by atoms with van der Waals surface area (Å²) >= 11 is 0. The van der Waals surface area contributed by atoms with E-state index in [9.17, 15) is 4.79 Å². The van der Waals surface area contributed by atoms with Gasteiger partial charge in [0.05, 0.1) is 0 Å². The predicted molar refractivity (Wildman–Crippen MR) is 98.4 cm³/mol. The van der Waals surface area contributed by atoms with E-state index >= 15 is 0 Å². The lowest BCUT2D eigenvalue weighted by atomic mass is 9.86. The van der Waals surface area contributed by atoms with Crippen molar-refractivity contribution in [3.8, 4) is 0 Å². The van der Waals surface area contributed by atoms with Crippen molar-refractivity contribution in [2.45, 2.75) is 57.8 Å². The van der Waals surface area contributed by atoms with Crippen molar-refractivity contribution in [2.24, 2.45) is 0 Å². The fourth-order valence-corrected chi connectivity index (χ4v) is 3.39. The summed E-state index contributed by atoms with van der Waals surface area (Å²) in [6.45, 7) is 8.27. The Balaban J connectivity index is 1.47. The molecule has 0 unspecified atom stereocenters. The summed E-state index contributed by atoms with van der Waals surface area (Å²) in [5.41, 5.74) is 2.73. The minimum atomic E-state index is 0.169. The molecular formula is C20H28N4O. The molecule has 1 fully saturated rings. The van der Waals surface area contributed by atoms with Crippen LogP contribution in [0.3, 0.4) is 0 Å². The van der Waals surface area contributed by atoms with E-state index in [0.29, 0.717) is 12.3 Å². The van der Waals surface area contributed by atoms with Gasteiger partial charge in [0.2, 0.25) is 5.91 Å². The van der Waals surface area contributed by atoms with Gasteiger partial charge in [0.1, 0.15) is 12.2 Å². The van der Waals surface area contributed by atoms with Gasteiger partial charge in [0.15, 0.2) is 0 Å². The Morgan fingerprint density at radius 2 is 1.88 bits per heavy atom. The number of rotatable bonds is 4. The Morgan fingerprint density at radius 1 is 1.20 bits per heavy atom. The van der Waals surface area contributed by atoms with Crippen molar-refractivity contribution in [1.29, 1.82) is 0 Å². The maximum Gasteiger partial charge on any atom is 0.222 e. The smallest absolute Gasteiger partial charge is 0.222 e. The maximum absolute atomic E-state index is 12.5. The van der Waals surface area contributed by atoms with E-state index in [-0.39, 0.29) is 11.3 Å². The van der Waals surface area contributed by atoms with Crippen molar-refractivity contribution in [1.82, 2.24) is 20.1 Å². The molecule has 0 aliphatic carbocycles. The van der Waals surface area contributed by atoms with E-state index in [4.69, 9.17) is 0 Å². The number of carbonyl (C=O) groups is 1. The minimum Gasteiger partial charge on any atom is -0.343 e. The molecule has 1 aliphatic rings. The zero-order valence-corrected chi connectivity index (χ0v) is 15.5. The van der Waals surface area contributed by atoms with Crippen molar-refractivity contribution in [3.63, 3.8) is 0 Å². The third kappa shape index (κ3) is 4.47. The fraction of sp³-hybridized carbons (Fsp3) is 0.550. The zero-order valence-electron chi connectivity index (χ0n) is 15.5. The molecular weight excluding hydrogens is 312 g/mol. The Morgan fingerprint density at radius 3 is 2.44 bits per heavy atom. The second kappa shape index (κ2) is 7.38. The summed E-state index contributed by atoms with van der Waals surface area (Å²) in [5, 5.41) is 6.87. The van der Waals surface area contributed by atoms with Crippen LogP contribution < -0.4 is 0 Å². The lowest BCUT2D eigenvalue weighted by Crippen LogP contribution is -2.38. The molecule has 0 saturated carbocycles. The number of aryl methyl sites for hydroxylation is 1. The van der Waals surface area contributed by atoms with Crippen LogP contribution in [0.4, 0.5) is 0 Å². The van der Waals surface area contributed by atoms with E-state index in [2.05, 4.69) is 60.2 Å². The third-order valence-electron chi connectivity index (χ3n) is 5.12. The SMILES string of the molecule is CC(C)(C)c1ccc(CCC(=O)N2CCC(c3ncn[nH]3)CC2)cc1. The van der Waals surface area contributed by atoms with Crippen molar-refractivity contribution < 1.29 is 4.79 Å². The van der Waals surface area contributed by atoms with Gasteiger partial charge in [0, 0.05) is 25.4 Å². The summed E-state index contributed by atoms with van der Waals surface area (Å²) in [4.78, 5) is 18.7. The molecule has 0 bridgehead atoms. The molecule has 0 radical (unpaired) electrons. The monoisotopic (exact) mass is 340 g/mol. The van der Waals surface area contributed by atoms with Gasteiger partial charge in [-0.1, -0.05) is 45.0 Å². The number of nitrogens with one attached hydrogen (secondary N) is 1. The first-order valence-corrected chi connectivity index (χ1v) is 9.16. The number of H-pyrrole nitrogens is 1. The van der Waals surface area contributed by atoms with E-state index in [1.165, 1.54) is 11.1 Å². The molecule has 2 heterocycles. The molecule has 3 rings (SSSR count). The third-order valence-corrected chi connectivity index (χ3v) is 5.12. The summed E-state index contributed by atoms with van der Waals surface area (Å²) in [7, 11) is 0. The number of carbonyl (C=O) groups excluding carboxylic acids is 1. The average Bonchev–Trinajstić information content (AvgIpc) is 3.14. The predicted octanol–water partition coefficient (Wildman–Crippen LogP) is 3.44. The van der Waals surface area contributed by atoms with Gasteiger partial charge in [0.25, 0.3) is 0 Å². The first-order valence-electron chi connectivity index (χ1n) is 9.16. The lowest BCUT2D eigenvalue weighted by molar-refractivity contribution is -0.132. The second-order valence-corrected chi connectivity index (χ2v) is 7.97. The van der Waals surface area contributed by atoms with Crippen LogP contribution in [-0.2, 0) is 16.6 Å². The number of amides is 1. The van der Waals surface area contributed by atoms with Crippen LogP contribution in [-0.4, -0.2) is 39.1 Å². The zero-order chi connectivity index (χ0) is 17.9. The second-order valence-electron chi connectivity index (χ2n) is 7.97. The molecule has 5 heteroatoms. The summed E-state index contributed by atoms with van der Waals surface area (Å²) in [6, 6.07) is 8.68. The van der Waals surface area contributed by atoms with Gasteiger partial charge in [-0.3, -0.25) is 9.89 Å². The molecule has 1 aromatic carbocycles. The highest BCUT2D eigenvalue weighted by Crippen LogP contribution is 2.26. The standard InChI is InChI=1S/C20H28N4O/c1-20(2,3)17-7-4-15(5-8-17)6-9-18(25)24-12-10-16(11-13-24)19-21-14-22-23-19/h4-5,7-8,14,16H,6,9-13H2,1-3H3,(H,21,22,23). The van der Waals surface area contributed by atoms with Crippen LogP contribution in [0.25, 0.3) is 0 Å². The summed E-state index contributed by atoms with van der Waals surface area (Å²) in [5.74, 6) is 1.61. The number of aromatic nitrogens is 3. The number of nitrogens with zero attached hydrogens (tertiary/aromatic N) is 3. The number of hydrogen-bond donors (Lipinski definition) is 1. The van der Waals surface area contributed by atoms with Crippen LogP contribution in [0.5, 0.6) is 0 Å². The van der Waals surface area contributed by atoms with E-state index in [0.717, 1.165) is 38.2 Å². The molecule has 25 heavy (non-hydrogen) atoms. The average molecular weight is 340 g/mol. The topological polar surface area (TPSA) is 61.9 Å². The molecule has 1 N–H and O–H groups in total. The van der Waals surface area contributed by atoms with Crippen LogP contribution in [0.15, 0.2) is 30.6 Å². The molecule has 134 valence electrons. The number of aromatic amines is 1. The van der Waals surface area contributed by atoms with Crippen LogP contribution >= 0.6 is 0 Å². The van der Waals surface area contributed by atoms with Gasteiger partial charge in [-0.2, -0.15) is 5.10 Å². The fourth-order valence-electron chi connectivity index (χ4n) is 3.39. The molecule has 1 aliphatic heterocycles. The summed E-state index contributed by atoms with van der Waals surface area (Å²) < 4.78 is 0. The quantitative estimate of drug-likeness (QED) is 0.927. The van der Waals surface area contributed by atoms with E-state index < -0.39 is 0 Å².